The van der Waals surface area contributed by atoms with E-state index in [1.54, 1.807) is 30.1 Å². The molecule has 0 aliphatic rings. The number of fused-ring (bicyclic) bond motifs is 1. The van der Waals surface area contributed by atoms with Crippen LogP contribution in [-0.4, -0.2) is 34.6 Å². The van der Waals surface area contributed by atoms with Gasteiger partial charge >= 0.3 is 5.97 Å². The largest absolute Gasteiger partial charge is 0.480 e. The van der Waals surface area contributed by atoms with Crippen molar-refractivity contribution in [3.63, 3.8) is 0 Å². The highest BCUT2D eigenvalue weighted by Gasteiger charge is 2.11. The molecule has 1 aromatic heterocycles. The molecule has 1 heterocycles. The molecule has 0 saturated carbocycles. The minimum Gasteiger partial charge on any atom is -0.480 e. The number of aliphatic carboxylic acids is 1. The normalized spacial score (nSPS) is 10.4. The maximum absolute atomic E-state index is 10.7. The lowest BCUT2D eigenvalue weighted by atomic mass is 10.2. The van der Waals surface area contributed by atoms with Gasteiger partial charge in [0.1, 0.15) is 18.7 Å². The number of carboxylic acids is 1. The number of anilines is 2. The van der Waals surface area contributed by atoms with Crippen molar-refractivity contribution in [2.45, 2.75) is 0 Å². The van der Waals surface area contributed by atoms with Crippen LogP contribution < -0.4 is 10.6 Å². The quantitative estimate of drug-likeness (QED) is 0.758. The highest BCUT2D eigenvalue weighted by Crippen LogP contribution is 2.23. The Morgan fingerprint density at radius 1 is 1.47 bits per heavy atom. The van der Waals surface area contributed by atoms with Crippen LogP contribution >= 0.6 is 0 Å². The molecule has 0 atom stereocenters. The first-order valence-electron chi connectivity index (χ1n) is 5.01. The van der Waals surface area contributed by atoms with Crippen LogP contribution in [0.5, 0.6) is 0 Å². The van der Waals surface area contributed by atoms with E-state index in [2.05, 4.69) is 9.97 Å². The van der Waals surface area contributed by atoms with E-state index in [9.17, 15) is 4.79 Å². The molecular weight excluding hydrogens is 220 g/mol. The number of rotatable bonds is 3. The number of nitrogens with two attached hydrogens (primary N) is 1. The molecular formula is C11H12N4O2. The zero-order valence-corrected chi connectivity index (χ0v) is 9.29. The van der Waals surface area contributed by atoms with Gasteiger partial charge < -0.3 is 15.7 Å². The Morgan fingerprint density at radius 2 is 2.24 bits per heavy atom. The molecule has 0 spiro atoms. The third-order valence-electron chi connectivity index (χ3n) is 2.37. The predicted octanol–water partition coefficient (Wildman–Crippen LogP) is 0.733. The van der Waals surface area contributed by atoms with Crippen LogP contribution in [0.15, 0.2) is 24.5 Å². The molecule has 3 N–H and O–H groups in total. The highest BCUT2D eigenvalue weighted by atomic mass is 16.4. The Balaban J connectivity index is 2.50. The van der Waals surface area contributed by atoms with Gasteiger partial charge in [-0.25, -0.2) is 9.97 Å². The van der Waals surface area contributed by atoms with E-state index in [1.807, 2.05) is 0 Å². The van der Waals surface area contributed by atoms with E-state index in [0.29, 0.717) is 17.0 Å². The molecule has 0 fully saturated rings. The first-order valence-corrected chi connectivity index (χ1v) is 5.01. The summed E-state index contributed by atoms with van der Waals surface area (Å²) < 4.78 is 0. The second-order valence-corrected chi connectivity index (χ2v) is 3.72. The number of benzene rings is 1. The summed E-state index contributed by atoms with van der Waals surface area (Å²) in [5, 5.41) is 9.54. The van der Waals surface area contributed by atoms with Crippen molar-refractivity contribution in [3.05, 3.63) is 24.5 Å². The van der Waals surface area contributed by atoms with Crippen LogP contribution in [-0.2, 0) is 4.79 Å². The molecule has 6 heteroatoms. The lowest BCUT2D eigenvalue weighted by Crippen LogP contribution is -2.26. The van der Waals surface area contributed by atoms with Crippen molar-refractivity contribution in [1.82, 2.24) is 9.97 Å². The number of nitrogens with zero attached hydrogens (tertiary/aromatic N) is 3. The minimum absolute atomic E-state index is 0.115. The van der Waals surface area contributed by atoms with Gasteiger partial charge in [0, 0.05) is 18.1 Å². The summed E-state index contributed by atoms with van der Waals surface area (Å²) >= 11 is 0. The molecule has 0 saturated heterocycles. The van der Waals surface area contributed by atoms with Crippen LogP contribution in [0.25, 0.3) is 10.9 Å². The summed E-state index contributed by atoms with van der Waals surface area (Å²) in [7, 11) is 1.67. The summed E-state index contributed by atoms with van der Waals surface area (Å²) in [4.78, 5) is 20.4. The number of likely N-dealkylation sites (N-methyl/N-ethyl adjacent to an activating group) is 1. The topological polar surface area (TPSA) is 92.3 Å². The first kappa shape index (κ1) is 11.1. The molecule has 1 aromatic carbocycles. The van der Waals surface area contributed by atoms with Crippen LogP contribution in [0.2, 0.25) is 0 Å². The molecule has 0 aliphatic carbocycles. The fourth-order valence-electron chi connectivity index (χ4n) is 1.64. The van der Waals surface area contributed by atoms with Crippen molar-refractivity contribution >= 4 is 28.4 Å². The van der Waals surface area contributed by atoms with Gasteiger partial charge in [-0.2, -0.15) is 0 Å². The van der Waals surface area contributed by atoms with E-state index >= 15 is 0 Å². The van der Waals surface area contributed by atoms with Gasteiger partial charge in [0.25, 0.3) is 0 Å². The van der Waals surface area contributed by atoms with Gasteiger partial charge in [-0.15, -0.1) is 0 Å². The molecule has 0 radical (unpaired) electrons. The van der Waals surface area contributed by atoms with Gasteiger partial charge in [-0.05, 0) is 18.2 Å². The van der Waals surface area contributed by atoms with Crippen molar-refractivity contribution in [3.8, 4) is 0 Å². The number of carboxylic acid groups (broad SMARTS) is 1. The lowest BCUT2D eigenvalue weighted by molar-refractivity contribution is -0.135. The van der Waals surface area contributed by atoms with E-state index in [4.69, 9.17) is 10.8 Å². The lowest BCUT2D eigenvalue weighted by Gasteiger charge is -2.17. The Labute approximate surface area is 97.7 Å². The monoisotopic (exact) mass is 232 g/mol. The van der Waals surface area contributed by atoms with Gasteiger partial charge in [-0.3, -0.25) is 4.79 Å². The predicted molar refractivity (Wildman–Crippen MR) is 64.9 cm³/mol. The number of hydrogen-bond donors (Lipinski definition) is 2. The van der Waals surface area contributed by atoms with Crippen LogP contribution in [0.4, 0.5) is 11.5 Å². The molecule has 6 nitrogen and oxygen atoms in total. The fraction of sp³-hybridized carbons (Fsp3) is 0.182. The Kier molecular flexibility index (Phi) is 2.78. The number of aromatic nitrogens is 2. The highest BCUT2D eigenvalue weighted by molar-refractivity contribution is 5.92. The van der Waals surface area contributed by atoms with Gasteiger partial charge in [-0.1, -0.05) is 0 Å². The number of carbonyl (C=O) groups is 1. The average molecular weight is 232 g/mol. The molecule has 0 bridgehead atoms. The number of nitrogen functional groups attached to an aromatic ring is 1. The molecule has 2 aromatic rings. The molecule has 88 valence electrons. The Hall–Kier alpha value is -2.37. The van der Waals surface area contributed by atoms with Gasteiger partial charge in [0.2, 0.25) is 0 Å². The van der Waals surface area contributed by atoms with Crippen molar-refractivity contribution in [2.75, 3.05) is 24.2 Å². The second kappa shape index (κ2) is 4.25. The van der Waals surface area contributed by atoms with Crippen molar-refractivity contribution in [2.24, 2.45) is 0 Å². The third-order valence-corrected chi connectivity index (χ3v) is 2.37. The zero-order valence-electron chi connectivity index (χ0n) is 9.29. The second-order valence-electron chi connectivity index (χ2n) is 3.72. The molecule has 2 rings (SSSR count). The Bertz CT molecular complexity index is 570. The third kappa shape index (κ3) is 2.25. The van der Waals surface area contributed by atoms with E-state index in [-0.39, 0.29) is 6.54 Å². The number of hydrogen-bond acceptors (Lipinski definition) is 5. The van der Waals surface area contributed by atoms with Gasteiger partial charge in [0.05, 0.1) is 5.52 Å². The maximum Gasteiger partial charge on any atom is 0.323 e. The summed E-state index contributed by atoms with van der Waals surface area (Å²) in [6, 6.07) is 5.26. The summed E-state index contributed by atoms with van der Waals surface area (Å²) in [6.45, 7) is -0.115. The average Bonchev–Trinajstić information content (AvgIpc) is 2.26. The SMILES string of the molecule is CN(CC(=O)O)c1ncnc2cc(N)ccc12. The summed E-state index contributed by atoms with van der Waals surface area (Å²) in [5.41, 5.74) is 6.98. The molecule has 17 heavy (non-hydrogen) atoms. The maximum atomic E-state index is 10.7. The first-order chi connectivity index (χ1) is 8.08. The van der Waals surface area contributed by atoms with Crippen molar-refractivity contribution in [1.29, 1.82) is 0 Å². The van der Waals surface area contributed by atoms with Crippen LogP contribution in [0, 0.1) is 0 Å². The fourth-order valence-corrected chi connectivity index (χ4v) is 1.64. The minimum atomic E-state index is -0.908. The van der Waals surface area contributed by atoms with Crippen molar-refractivity contribution < 1.29 is 9.90 Å². The zero-order chi connectivity index (χ0) is 12.4. The summed E-state index contributed by atoms with van der Waals surface area (Å²) in [5.74, 6) is -0.327. The van der Waals surface area contributed by atoms with E-state index in [0.717, 1.165) is 5.39 Å². The van der Waals surface area contributed by atoms with E-state index < -0.39 is 5.97 Å². The van der Waals surface area contributed by atoms with E-state index in [1.165, 1.54) is 6.33 Å². The standard InChI is InChI=1S/C11H12N4O2/c1-15(5-10(16)17)11-8-3-2-7(12)4-9(8)13-6-14-11/h2-4,6H,5,12H2,1H3,(H,16,17). The molecule has 0 unspecified atom stereocenters. The summed E-state index contributed by atoms with van der Waals surface area (Å²) in [6.07, 6.45) is 1.40. The molecule has 0 amide bonds. The smallest absolute Gasteiger partial charge is 0.323 e. The van der Waals surface area contributed by atoms with Crippen LogP contribution in [0.1, 0.15) is 0 Å². The molecule has 0 aliphatic heterocycles. The van der Waals surface area contributed by atoms with Crippen LogP contribution in [0.3, 0.4) is 0 Å². The van der Waals surface area contributed by atoms with Gasteiger partial charge in [0.15, 0.2) is 0 Å². The Morgan fingerprint density at radius 3 is 2.94 bits per heavy atom.